The predicted molar refractivity (Wildman–Crippen MR) is 54.9 cm³/mol. The number of carboxylic acids is 1. The normalized spacial score (nSPS) is 14.3. The standard InChI is InChI=1S/C11H14O4/c1-3-11(2,14)15-9-7-5-4-6-8(9)10(12)13/h4-7,14H,3H2,1-2H3,(H,12,13). The van der Waals surface area contributed by atoms with Gasteiger partial charge in [-0.2, -0.15) is 0 Å². The fraction of sp³-hybridized carbons (Fsp3) is 0.364. The molecular weight excluding hydrogens is 196 g/mol. The molecule has 0 fully saturated rings. The highest BCUT2D eigenvalue weighted by Crippen LogP contribution is 2.23. The third kappa shape index (κ3) is 2.95. The van der Waals surface area contributed by atoms with E-state index in [1.807, 2.05) is 0 Å². The first kappa shape index (κ1) is 11.5. The molecule has 1 aromatic rings. The number of aliphatic hydroxyl groups is 1. The van der Waals surface area contributed by atoms with Crippen molar-refractivity contribution >= 4 is 5.97 Å². The van der Waals surface area contributed by atoms with Gasteiger partial charge in [-0.1, -0.05) is 19.1 Å². The van der Waals surface area contributed by atoms with E-state index in [4.69, 9.17) is 9.84 Å². The van der Waals surface area contributed by atoms with Gasteiger partial charge in [-0.05, 0) is 12.1 Å². The van der Waals surface area contributed by atoms with Crippen LogP contribution in [0.4, 0.5) is 0 Å². The van der Waals surface area contributed by atoms with Gasteiger partial charge in [0.15, 0.2) is 0 Å². The number of rotatable bonds is 4. The number of aromatic carboxylic acids is 1. The zero-order valence-electron chi connectivity index (χ0n) is 8.73. The molecule has 0 aliphatic carbocycles. The number of para-hydroxylation sites is 1. The van der Waals surface area contributed by atoms with Crippen LogP contribution in [0.5, 0.6) is 5.75 Å². The lowest BCUT2D eigenvalue weighted by molar-refractivity contribution is -0.123. The van der Waals surface area contributed by atoms with Crippen molar-refractivity contribution in [3.8, 4) is 5.75 Å². The van der Waals surface area contributed by atoms with Crippen LogP contribution in [0, 0.1) is 0 Å². The molecule has 0 heterocycles. The van der Waals surface area contributed by atoms with Gasteiger partial charge in [0.25, 0.3) is 0 Å². The summed E-state index contributed by atoms with van der Waals surface area (Å²) in [5.74, 6) is -2.24. The van der Waals surface area contributed by atoms with Crippen LogP contribution in [-0.2, 0) is 0 Å². The SMILES string of the molecule is CCC(C)(O)Oc1ccccc1C(=O)O. The second kappa shape index (κ2) is 4.31. The van der Waals surface area contributed by atoms with Crippen molar-refractivity contribution < 1.29 is 19.7 Å². The van der Waals surface area contributed by atoms with Gasteiger partial charge in [0.05, 0.1) is 0 Å². The number of hydrogen-bond donors (Lipinski definition) is 2. The average Bonchev–Trinajstić information content (AvgIpc) is 2.18. The quantitative estimate of drug-likeness (QED) is 0.744. The van der Waals surface area contributed by atoms with Crippen LogP contribution >= 0.6 is 0 Å². The molecule has 1 aromatic carbocycles. The Morgan fingerprint density at radius 3 is 2.60 bits per heavy atom. The van der Waals surface area contributed by atoms with E-state index in [0.29, 0.717) is 6.42 Å². The lowest BCUT2D eigenvalue weighted by Crippen LogP contribution is -2.31. The summed E-state index contributed by atoms with van der Waals surface area (Å²) >= 11 is 0. The van der Waals surface area contributed by atoms with Crippen molar-refractivity contribution in [1.82, 2.24) is 0 Å². The lowest BCUT2D eigenvalue weighted by atomic mass is 10.2. The summed E-state index contributed by atoms with van der Waals surface area (Å²) in [5, 5.41) is 18.5. The number of hydrogen-bond acceptors (Lipinski definition) is 3. The molecule has 15 heavy (non-hydrogen) atoms. The molecule has 4 nitrogen and oxygen atoms in total. The Balaban J connectivity index is 2.99. The van der Waals surface area contributed by atoms with Gasteiger partial charge in [-0.25, -0.2) is 4.79 Å². The van der Waals surface area contributed by atoms with E-state index in [1.165, 1.54) is 19.1 Å². The van der Waals surface area contributed by atoms with E-state index in [9.17, 15) is 9.90 Å². The molecule has 0 aromatic heterocycles. The maximum absolute atomic E-state index is 10.8. The van der Waals surface area contributed by atoms with Gasteiger partial charge in [0.2, 0.25) is 5.79 Å². The largest absolute Gasteiger partial charge is 0.478 e. The van der Waals surface area contributed by atoms with Crippen LogP contribution in [-0.4, -0.2) is 22.0 Å². The van der Waals surface area contributed by atoms with E-state index in [-0.39, 0.29) is 11.3 Å². The minimum absolute atomic E-state index is 0.0474. The molecule has 0 aliphatic heterocycles. The summed E-state index contributed by atoms with van der Waals surface area (Å²) < 4.78 is 5.22. The first-order chi connectivity index (χ1) is 6.96. The number of ether oxygens (including phenoxy) is 1. The highest BCUT2D eigenvalue weighted by molar-refractivity contribution is 5.90. The molecule has 1 unspecified atom stereocenters. The Morgan fingerprint density at radius 2 is 2.07 bits per heavy atom. The number of carbonyl (C=O) groups is 1. The molecule has 0 spiro atoms. The molecule has 0 amide bonds. The summed E-state index contributed by atoms with van der Waals surface area (Å²) in [6.07, 6.45) is 0.376. The topological polar surface area (TPSA) is 66.8 Å². The monoisotopic (exact) mass is 210 g/mol. The van der Waals surface area contributed by atoms with Crippen molar-refractivity contribution in [2.45, 2.75) is 26.1 Å². The molecule has 1 rings (SSSR count). The Bertz CT molecular complexity index is 357. The number of benzene rings is 1. The third-order valence-corrected chi connectivity index (χ3v) is 2.10. The summed E-state index contributed by atoms with van der Waals surface area (Å²) in [5.41, 5.74) is 0.0474. The van der Waals surface area contributed by atoms with Crippen molar-refractivity contribution in [1.29, 1.82) is 0 Å². The van der Waals surface area contributed by atoms with Crippen molar-refractivity contribution in [2.75, 3.05) is 0 Å². The fourth-order valence-electron chi connectivity index (χ4n) is 1.04. The van der Waals surface area contributed by atoms with Gasteiger partial charge >= 0.3 is 5.97 Å². The Morgan fingerprint density at radius 1 is 1.47 bits per heavy atom. The minimum atomic E-state index is -1.34. The van der Waals surface area contributed by atoms with Gasteiger partial charge in [-0.15, -0.1) is 0 Å². The van der Waals surface area contributed by atoms with Crippen LogP contribution in [0.3, 0.4) is 0 Å². The number of carboxylic acid groups (broad SMARTS) is 1. The third-order valence-electron chi connectivity index (χ3n) is 2.10. The maximum Gasteiger partial charge on any atom is 0.339 e. The van der Waals surface area contributed by atoms with Crippen molar-refractivity contribution in [3.05, 3.63) is 29.8 Å². The molecule has 0 saturated carbocycles. The molecule has 0 bridgehead atoms. The summed E-state index contributed by atoms with van der Waals surface area (Å²) in [4.78, 5) is 10.8. The van der Waals surface area contributed by atoms with E-state index >= 15 is 0 Å². The van der Waals surface area contributed by atoms with Gasteiger partial charge in [0, 0.05) is 13.3 Å². The molecule has 0 saturated heterocycles. The smallest absolute Gasteiger partial charge is 0.339 e. The van der Waals surface area contributed by atoms with Crippen LogP contribution in [0.1, 0.15) is 30.6 Å². The Labute approximate surface area is 88.1 Å². The fourth-order valence-corrected chi connectivity index (χ4v) is 1.04. The first-order valence-electron chi connectivity index (χ1n) is 4.70. The molecule has 0 radical (unpaired) electrons. The van der Waals surface area contributed by atoms with Crippen LogP contribution < -0.4 is 4.74 Å². The first-order valence-corrected chi connectivity index (χ1v) is 4.70. The Kier molecular flexibility index (Phi) is 3.31. The van der Waals surface area contributed by atoms with Crippen LogP contribution in [0.2, 0.25) is 0 Å². The minimum Gasteiger partial charge on any atom is -0.478 e. The van der Waals surface area contributed by atoms with E-state index < -0.39 is 11.8 Å². The predicted octanol–water partition coefficient (Wildman–Crippen LogP) is 1.88. The van der Waals surface area contributed by atoms with Gasteiger partial charge < -0.3 is 14.9 Å². The lowest BCUT2D eigenvalue weighted by Gasteiger charge is -2.23. The van der Waals surface area contributed by atoms with E-state index in [1.54, 1.807) is 19.1 Å². The summed E-state index contributed by atoms with van der Waals surface area (Å²) in [6, 6.07) is 6.22. The van der Waals surface area contributed by atoms with Gasteiger partial charge in [0.1, 0.15) is 11.3 Å². The van der Waals surface area contributed by atoms with Crippen molar-refractivity contribution in [3.63, 3.8) is 0 Å². The molecule has 82 valence electrons. The second-order valence-electron chi connectivity index (χ2n) is 3.43. The molecular formula is C11H14O4. The van der Waals surface area contributed by atoms with Crippen molar-refractivity contribution in [2.24, 2.45) is 0 Å². The maximum atomic E-state index is 10.8. The molecule has 0 aliphatic rings. The Hall–Kier alpha value is -1.55. The molecule has 1 atom stereocenters. The molecule has 2 N–H and O–H groups in total. The highest BCUT2D eigenvalue weighted by Gasteiger charge is 2.22. The zero-order chi connectivity index (χ0) is 11.5. The highest BCUT2D eigenvalue weighted by atomic mass is 16.6. The second-order valence-corrected chi connectivity index (χ2v) is 3.43. The van der Waals surface area contributed by atoms with Crippen LogP contribution in [0.25, 0.3) is 0 Å². The van der Waals surface area contributed by atoms with Crippen LogP contribution in [0.15, 0.2) is 24.3 Å². The van der Waals surface area contributed by atoms with E-state index in [0.717, 1.165) is 0 Å². The zero-order valence-corrected chi connectivity index (χ0v) is 8.73. The van der Waals surface area contributed by atoms with E-state index in [2.05, 4.69) is 0 Å². The average molecular weight is 210 g/mol. The summed E-state index contributed by atoms with van der Waals surface area (Å²) in [7, 11) is 0. The summed E-state index contributed by atoms with van der Waals surface area (Å²) in [6.45, 7) is 3.25. The molecule has 4 heteroatoms. The van der Waals surface area contributed by atoms with Gasteiger partial charge in [-0.3, -0.25) is 0 Å².